The Bertz CT molecular complexity index is 1860. The summed E-state index contributed by atoms with van der Waals surface area (Å²) < 4.78 is 6.45. The second-order valence-electron chi connectivity index (χ2n) is 13.2. The van der Waals surface area contributed by atoms with E-state index >= 15 is 0 Å². The van der Waals surface area contributed by atoms with Gasteiger partial charge in [0.15, 0.2) is 0 Å². The van der Waals surface area contributed by atoms with Crippen molar-refractivity contribution >= 4 is 43.9 Å². The van der Waals surface area contributed by atoms with Gasteiger partial charge in [0, 0.05) is 6.20 Å². The van der Waals surface area contributed by atoms with E-state index in [9.17, 15) is 19.5 Å². The molecule has 0 aliphatic rings. The van der Waals surface area contributed by atoms with Crippen molar-refractivity contribution in [2.24, 2.45) is 5.92 Å². The van der Waals surface area contributed by atoms with E-state index in [1.807, 2.05) is 105 Å². The predicted octanol–water partition coefficient (Wildman–Crippen LogP) is 5.44. The summed E-state index contributed by atoms with van der Waals surface area (Å²) in [7, 11) is 1.69. The third kappa shape index (κ3) is 12.4. The predicted molar refractivity (Wildman–Crippen MR) is 207 cm³/mol. The van der Waals surface area contributed by atoms with Gasteiger partial charge in [-0.2, -0.15) is 0 Å². The van der Waals surface area contributed by atoms with E-state index < -0.39 is 30.3 Å². The number of nitrogens with one attached hydrogen (secondary N) is 3. The van der Waals surface area contributed by atoms with E-state index in [4.69, 9.17) is 9.72 Å². The third-order valence-electron chi connectivity index (χ3n) is 8.64. The maximum atomic E-state index is 14.0. The molecule has 0 bridgehead atoms. The van der Waals surface area contributed by atoms with Gasteiger partial charge in [0.2, 0.25) is 0 Å². The number of alkyl carbamates (subject to hydrolysis) is 1. The summed E-state index contributed by atoms with van der Waals surface area (Å²) in [5.74, 6) is -0.591. The van der Waals surface area contributed by atoms with Crippen molar-refractivity contribution in [2.75, 3.05) is 7.05 Å². The molecule has 2 heterocycles. The standard InChI is InChI=1S/C40H46N6O5SSe/c1-27(2)36(45-39(49)46(3)23-32-25-53-38(43-32)30-17-11-6-12-18-30)37(48)42-31(19-28-13-7-4-8-14-28)21-35(47)34(20-29-15-9-5-10-16-29)44-40(50)51-24-33-22-41-26-52-33/h4-18,22,25-27,31,34-36,47H,19-21,23-24H2,1-3H3,(H,42,48)(H,44,50)(H,45,49)/t31-,34-,35-,36-/m0/s1. The van der Waals surface area contributed by atoms with E-state index in [2.05, 4.69) is 25.9 Å². The van der Waals surface area contributed by atoms with Crippen LogP contribution in [0.2, 0.25) is 0 Å². The van der Waals surface area contributed by atoms with Crippen LogP contribution in [0.15, 0.2) is 108 Å². The van der Waals surface area contributed by atoms with Gasteiger partial charge in [0.1, 0.15) is 6.61 Å². The number of benzene rings is 3. The van der Waals surface area contributed by atoms with E-state index in [1.54, 1.807) is 18.8 Å². The molecule has 4 atom stereocenters. The zero-order chi connectivity index (χ0) is 37.6. The molecule has 11 nitrogen and oxygen atoms in total. The molecule has 0 radical (unpaired) electrons. The zero-order valence-corrected chi connectivity index (χ0v) is 32.6. The summed E-state index contributed by atoms with van der Waals surface area (Å²) in [5, 5.41) is 20.6. The van der Waals surface area contributed by atoms with Gasteiger partial charge in [0.05, 0.1) is 16.4 Å². The second kappa shape index (κ2) is 19.9. The van der Waals surface area contributed by atoms with E-state index in [0.29, 0.717) is 19.4 Å². The van der Waals surface area contributed by atoms with Crippen LogP contribution in [0.1, 0.15) is 42.0 Å². The molecule has 278 valence electrons. The monoisotopic (exact) mass is 802 g/mol. The molecule has 0 aliphatic heterocycles. The normalized spacial score (nSPS) is 13.4. The van der Waals surface area contributed by atoms with Crippen LogP contribution in [0.25, 0.3) is 10.1 Å². The van der Waals surface area contributed by atoms with Crippen LogP contribution in [0, 0.1) is 5.92 Å². The van der Waals surface area contributed by atoms with Crippen molar-refractivity contribution in [2.45, 2.75) is 70.5 Å². The molecule has 4 N–H and O–H groups in total. The fraction of sp³-hybridized carbons (Fsp3) is 0.325. The molecular formula is C40H46N6O5SSe. The third-order valence-corrected chi connectivity index (χ3v) is 11.4. The van der Waals surface area contributed by atoms with Crippen LogP contribution in [0.4, 0.5) is 9.59 Å². The van der Waals surface area contributed by atoms with E-state index in [1.165, 1.54) is 16.2 Å². The molecule has 0 unspecified atom stereocenters. The Morgan fingerprint density at radius 2 is 1.53 bits per heavy atom. The first kappa shape index (κ1) is 39.4. The van der Waals surface area contributed by atoms with Crippen molar-refractivity contribution in [3.63, 3.8) is 0 Å². The fourth-order valence-corrected chi connectivity index (χ4v) is 8.04. The molecule has 3 aromatic carbocycles. The number of amides is 4. The molecule has 0 fully saturated rings. The molecular weight excluding hydrogens is 756 g/mol. The number of thiazole rings is 1. The number of carbonyl (C=O) groups excluding carboxylic acids is 3. The van der Waals surface area contributed by atoms with Gasteiger partial charge in [-0.1, -0.05) is 60.7 Å². The van der Waals surface area contributed by atoms with E-state index in [0.717, 1.165) is 31.8 Å². The van der Waals surface area contributed by atoms with Crippen molar-refractivity contribution < 1.29 is 24.2 Å². The summed E-state index contributed by atoms with van der Waals surface area (Å²) in [4.78, 5) is 53.5. The van der Waals surface area contributed by atoms with E-state index in [-0.39, 0.29) is 45.4 Å². The summed E-state index contributed by atoms with van der Waals surface area (Å²) >= 11 is 1.46. The summed E-state index contributed by atoms with van der Waals surface area (Å²) in [6.45, 7) is 4.13. The average Bonchev–Trinajstić information content (AvgIpc) is 3.86. The Labute approximate surface area is 320 Å². The molecule has 2 aromatic heterocycles. The number of aliphatic hydroxyl groups is 1. The first-order valence-corrected chi connectivity index (χ1v) is 20.3. The molecule has 5 rings (SSSR count). The Hall–Kier alpha value is -4.81. The molecule has 0 saturated carbocycles. The van der Waals surface area contributed by atoms with Gasteiger partial charge >= 0.3 is 184 Å². The number of nitrogens with zero attached hydrogens (tertiary/aromatic N) is 3. The average molecular weight is 802 g/mol. The molecule has 0 spiro atoms. The minimum absolute atomic E-state index is 0.0646. The molecule has 0 aliphatic carbocycles. The topological polar surface area (TPSA) is 146 Å². The van der Waals surface area contributed by atoms with Crippen molar-refractivity contribution in [1.29, 1.82) is 0 Å². The number of aliphatic hydroxyl groups excluding tert-OH is 1. The number of aromatic nitrogens is 2. The van der Waals surface area contributed by atoms with Crippen LogP contribution in [-0.4, -0.2) is 83.8 Å². The number of carbonyl (C=O) groups is 3. The van der Waals surface area contributed by atoms with Gasteiger partial charge in [-0.15, -0.1) is 11.3 Å². The summed E-state index contributed by atoms with van der Waals surface area (Å²) in [6.07, 6.45) is 0.818. The second-order valence-corrected chi connectivity index (χ2v) is 16.0. The van der Waals surface area contributed by atoms with Crippen LogP contribution in [-0.2, 0) is 35.5 Å². The fourth-order valence-electron chi connectivity index (χ4n) is 5.82. The Balaban J connectivity index is 1.26. The number of ether oxygens (including phenoxy) is 1. The van der Waals surface area contributed by atoms with Crippen LogP contribution in [0.3, 0.4) is 0 Å². The quantitative estimate of drug-likeness (QED) is 0.0917. The van der Waals surface area contributed by atoms with Crippen LogP contribution in [0.5, 0.6) is 0 Å². The zero-order valence-electron chi connectivity index (χ0n) is 30.1. The molecule has 5 aromatic rings. The molecule has 4 amide bonds. The van der Waals surface area contributed by atoms with Gasteiger partial charge in [-0.05, 0) is 12.0 Å². The SMILES string of the molecule is CC(C)[C@H](NC(=O)N(C)Cc1c[se]c(-c2ccccc2)n1)C(=O)N[C@@H](Cc1ccccc1)C[C@H](O)[C@H](Cc1ccccc1)NC(=O)OCc1cncs1. The Morgan fingerprint density at radius 1 is 0.887 bits per heavy atom. The van der Waals surface area contributed by atoms with Gasteiger partial charge in [-0.25, -0.2) is 4.79 Å². The number of hydrogen-bond donors (Lipinski definition) is 4. The summed E-state index contributed by atoms with van der Waals surface area (Å²) in [5.41, 5.74) is 5.44. The Kier molecular flexibility index (Phi) is 14.8. The van der Waals surface area contributed by atoms with Crippen LogP contribution >= 0.6 is 11.3 Å². The summed E-state index contributed by atoms with van der Waals surface area (Å²) in [6, 6.07) is 26.8. The van der Waals surface area contributed by atoms with Gasteiger partial charge in [0.25, 0.3) is 0 Å². The number of urea groups is 1. The van der Waals surface area contributed by atoms with Crippen LogP contribution < -0.4 is 16.0 Å². The first-order chi connectivity index (χ1) is 25.6. The maximum absolute atomic E-state index is 14.0. The Morgan fingerprint density at radius 3 is 2.15 bits per heavy atom. The number of hydrogen-bond acceptors (Lipinski definition) is 8. The smallest absolute Gasteiger partial charge is 0.444 e. The van der Waals surface area contributed by atoms with Gasteiger partial charge < -0.3 is 15.2 Å². The minimum atomic E-state index is -1.05. The van der Waals surface area contributed by atoms with Crippen molar-refractivity contribution in [3.8, 4) is 10.1 Å². The van der Waals surface area contributed by atoms with Crippen molar-refractivity contribution in [1.82, 2.24) is 30.8 Å². The van der Waals surface area contributed by atoms with Crippen molar-refractivity contribution in [3.05, 3.63) is 129 Å². The van der Waals surface area contributed by atoms with Gasteiger partial charge in [-0.3, -0.25) is 4.98 Å². The number of rotatable bonds is 17. The first-order valence-electron chi connectivity index (χ1n) is 17.5. The molecule has 13 heteroatoms. The molecule has 0 saturated heterocycles. The molecule has 53 heavy (non-hydrogen) atoms. The minimum Gasteiger partial charge on any atom is -0.444 e.